The first-order valence-electron chi connectivity index (χ1n) is 9.73. The maximum atomic E-state index is 12.7. The molecule has 0 atom stereocenters. The molecule has 0 bridgehead atoms. The van der Waals surface area contributed by atoms with Gasteiger partial charge in [-0.15, -0.1) is 0 Å². The van der Waals surface area contributed by atoms with Gasteiger partial charge in [0.25, 0.3) is 5.69 Å². The lowest BCUT2D eigenvalue weighted by atomic mass is 9.98. The van der Waals surface area contributed by atoms with Crippen LogP contribution in [0, 0.1) is 10.1 Å². The van der Waals surface area contributed by atoms with Crippen molar-refractivity contribution in [1.29, 1.82) is 0 Å². The van der Waals surface area contributed by atoms with Crippen LogP contribution in [0.2, 0.25) is 0 Å². The molecular formula is C22H25N3O5. The van der Waals surface area contributed by atoms with Gasteiger partial charge < -0.3 is 9.64 Å². The number of hydrogen-bond donors (Lipinski definition) is 1. The Morgan fingerprint density at radius 1 is 1.13 bits per heavy atom. The Morgan fingerprint density at radius 2 is 1.83 bits per heavy atom. The minimum atomic E-state index is -0.579. The largest absolute Gasteiger partial charge is 0.444 e. The van der Waals surface area contributed by atoms with Crippen LogP contribution in [-0.4, -0.2) is 34.0 Å². The number of amides is 2. The maximum absolute atomic E-state index is 12.7. The first-order chi connectivity index (χ1) is 14.1. The number of anilines is 1. The van der Waals surface area contributed by atoms with Crippen LogP contribution in [-0.2, 0) is 28.9 Å². The number of hydrogen-bond acceptors (Lipinski definition) is 5. The lowest BCUT2D eigenvalue weighted by molar-refractivity contribution is -0.385. The summed E-state index contributed by atoms with van der Waals surface area (Å²) in [7, 11) is 0. The second-order valence-corrected chi connectivity index (χ2v) is 8.28. The minimum Gasteiger partial charge on any atom is -0.444 e. The van der Waals surface area contributed by atoms with Gasteiger partial charge in [-0.1, -0.05) is 18.2 Å². The van der Waals surface area contributed by atoms with Crippen LogP contribution in [0.5, 0.6) is 0 Å². The zero-order valence-corrected chi connectivity index (χ0v) is 17.3. The Hall–Kier alpha value is -3.42. The molecule has 3 rings (SSSR count). The lowest BCUT2D eigenvalue weighted by Crippen LogP contribution is -2.36. The number of ether oxygens (including phenoxy) is 1. The standard InChI is InChI=1S/C22H25N3O5/c1-22(2,3)30-21(27)23-18-7-4-15(5-8-18)12-20(26)24-11-10-16-6-9-19(25(28)29)13-17(16)14-24/h4-9,13H,10-12,14H2,1-3H3,(H,23,27). The van der Waals surface area contributed by atoms with Crippen LogP contribution in [0.15, 0.2) is 42.5 Å². The third kappa shape index (κ3) is 5.56. The molecule has 158 valence electrons. The summed E-state index contributed by atoms with van der Waals surface area (Å²) in [6.45, 7) is 6.32. The van der Waals surface area contributed by atoms with Gasteiger partial charge in [-0.25, -0.2) is 4.79 Å². The number of carbonyl (C=O) groups is 2. The number of non-ortho nitro benzene ring substituents is 1. The molecule has 30 heavy (non-hydrogen) atoms. The number of nitro groups is 1. The van der Waals surface area contributed by atoms with E-state index in [0.717, 1.165) is 16.7 Å². The minimum absolute atomic E-state index is 0.0381. The smallest absolute Gasteiger partial charge is 0.412 e. The van der Waals surface area contributed by atoms with Gasteiger partial charge in [0.2, 0.25) is 5.91 Å². The Bertz CT molecular complexity index is 964. The van der Waals surface area contributed by atoms with Crippen molar-refractivity contribution in [3.63, 3.8) is 0 Å². The highest BCUT2D eigenvalue weighted by Crippen LogP contribution is 2.24. The van der Waals surface area contributed by atoms with Gasteiger partial charge in [-0.2, -0.15) is 0 Å². The summed E-state index contributed by atoms with van der Waals surface area (Å²) in [4.78, 5) is 36.8. The molecule has 2 aromatic carbocycles. The first-order valence-corrected chi connectivity index (χ1v) is 9.73. The van der Waals surface area contributed by atoms with Gasteiger partial charge in [0.05, 0.1) is 11.3 Å². The zero-order chi connectivity index (χ0) is 21.9. The maximum Gasteiger partial charge on any atom is 0.412 e. The summed E-state index contributed by atoms with van der Waals surface area (Å²) < 4.78 is 5.21. The normalized spacial score (nSPS) is 13.4. The van der Waals surface area contributed by atoms with Gasteiger partial charge in [0.15, 0.2) is 0 Å². The van der Waals surface area contributed by atoms with Crippen molar-refractivity contribution in [2.24, 2.45) is 0 Å². The number of nitrogens with one attached hydrogen (secondary N) is 1. The third-order valence-electron chi connectivity index (χ3n) is 4.72. The number of nitrogens with zero attached hydrogens (tertiary/aromatic N) is 2. The van der Waals surface area contributed by atoms with Gasteiger partial charge in [0, 0.05) is 30.9 Å². The molecule has 8 nitrogen and oxygen atoms in total. The van der Waals surface area contributed by atoms with E-state index in [1.165, 1.54) is 6.07 Å². The monoisotopic (exact) mass is 411 g/mol. The molecule has 0 fully saturated rings. The molecular weight excluding hydrogens is 386 g/mol. The molecule has 0 saturated heterocycles. The van der Waals surface area contributed by atoms with Crippen LogP contribution in [0.4, 0.5) is 16.2 Å². The Balaban J connectivity index is 1.59. The van der Waals surface area contributed by atoms with Crippen molar-refractivity contribution in [3.8, 4) is 0 Å². The van der Waals surface area contributed by atoms with Crippen LogP contribution < -0.4 is 5.32 Å². The van der Waals surface area contributed by atoms with Crippen molar-refractivity contribution in [3.05, 3.63) is 69.3 Å². The quantitative estimate of drug-likeness (QED) is 0.604. The Morgan fingerprint density at radius 3 is 2.47 bits per heavy atom. The molecule has 1 N–H and O–H groups in total. The highest BCUT2D eigenvalue weighted by Gasteiger charge is 2.23. The molecule has 1 aliphatic heterocycles. The molecule has 0 spiro atoms. The zero-order valence-electron chi connectivity index (χ0n) is 17.3. The fourth-order valence-electron chi connectivity index (χ4n) is 3.28. The lowest BCUT2D eigenvalue weighted by Gasteiger charge is -2.29. The van der Waals surface area contributed by atoms with Gasteiger partial charge in [-0.05, 0) is 56.0 Å². The van der Waals surface area contributed by atoms with Crippen molar-refractivity contribution in [2.45, 2.75) is 45.8 Å². The molecule has 0 radical (unpaired) electrons. The highest BCUT2D eigenvalue weighted by atomic mass is 16.6. The Labute approximate surface area is 175 Å². The molecule has 8 heteroatoms. The van der Waals surface area contributed by atoms with E-state index < -0.39 is 16.6 Å². The second kappa shape index (κ2) is 8.52. The predicted octanol–water partition coefficient (Wildman–Crippen LogP) is 4.07. The average Bonchev–Trinajstić information content (AvgIpc) is 2.67. The molecule has 1 heterocycles. The van der Waals surface area contributed by atoms with E-state index in [1.54, 1.807) is 62.1 Å². The summed E-state index contributed by atoms with van der Waals surface area (Å²) in [5.41, 5.74) is 2.72. The van der Waals surface area contributed by atoms with Gasteiger partial charge in [-0.3, -0.25) is 20.2 Å². The summed E-state index contributed by atoms with van der Waals surface area (Å²) in [6.07, 6.45) is 0.363. The topological polar surface area (TPSA) is 102 Å². The van der Waals surface area contributed by atoms with Crippen molar-refractivity contribution in [2.75, 3.05) is 11.9 Å². The number of fused-ring (bicyclic) bond motifs is 1. The van der Waals surface area contributed by atoms with Crippen molar-refractivity contribution < 1.29 is 19.2 Å². The molecule has 0 aliphatic carbocycles. The summed E-state index contributed by atoms with van der Waals surface area (Å²) in [5, 5.41) is 13.7. The summed E-state index contributed by atoms with van der Waals surface area (Å²) >= 11 is 0. The first kappa shape index (κ1) is 21.3. The van der Waals surface area contributed by atoms with Crippen molar-refractivity contribution in [1.82, 2.24) is 4.90 Å². The van der Waals surface area contributed by atoms with Crippen LogP contribution >= 0.6 is 0 Å². The molecule has 0 unspecified atom stereocenters. The van der Waals surface area contributed by atoms with Gasteiger partial charge >= 0.3 is 6.09 Å². The number of rotatable bonds is 4. The van der Waals surface area contributed by atoms with E-state index in [-0.39, 0.29) is 18.0 Å². The second-order valence-electron chi connectivity index (χ2n) is 8.28. The van der Waals surface area contributed by atoms with Crippen LogP contribution in [0.3, 0.4) is 0 Å². The molecule has 0 aromatic heterocycles. The number of benzene rings is 2. The van der Waals surface area contributed by atoms with E-state index in [2.05, 4.69) is 5.32 Å². The Kier molecular flexibility index (Phi) is 6.05. The highest BCUT2D eigenvalue weighted by molar-refractivity contribution is 5.85. The fourth-order valence-corrected chi connectivity index (χ4v) is 3.28. The van der Waals surface area contributed by atoms with E-state index in [0.29, 0.717) is 25.2 Å². The van der Waals surface area contributed by atoms with Crippen LogP contribution in [0.25, 0.3) is 0 Å². The van der Waals surface area contributed by atoms with Gasteiger partial charge in [0.1, 0.15) is 5.60 Å². The predicted molar refractivity (Wildman–Crippen MR) is 112 cm³/mol. The molecule has 1 aliphatic rings. The fraction of sp³-hybridized carbons (Fsp3) is 0.364. The van der Waals surface area contributed by atoms with Crippen LogP contribution in [0.1, 0.15) is 37.5 Å². The summed E-state index contributed by atoms with van der Waals surface area (Å²) in [6, 6.07) is 11.8. The van der Waals surface area contributed by atoms with E-state index in [1.807, 2.05) is 0 Å². The van der Waals surface area contributed by atoms with E-state index in [9.17, 15) is 19.7 Å². The van der Waals surface area contributed by atoms with E-state index in [4.69, 9.17) is 4.74 Å². The molecule has 2 amide bonds. The number of carbonyl (C=O) groups excluding carboxylic acids is 2. The number of nitro benzene ring substituents is 1. The van der Waals surface area contributed by atoms with E-state index >= 15 is 0 Å². The van der Waals surface area contributed by atoms with Crippen molar-refractivity contribution >= 4 is 23.4 Å². The third-order valence-corrected chi connectivity index (χ3v) is 4.72. The SMILES string of the molecule is CC(C)(C)OC(=O)Nc1ccc(CC(=O)N2CCc3ccc([N+](=O)[O-])cc3C2)cc1. The molecule has 0 saturated carbocycles. The average molecular weight is 411 g/mol. The summed E-state index contributed by atoms with van der Waals surface area (Å²) in [5.74, 6) is -0.0417. The molecule has 2 aromatic rings.